The molecule has 8 nitrogen and oxygen atoms in total. The molecule has 0 aliphatic carbocycles. The zero-order valence-electron chi connectivity index (χ0n) is 16.7. The van der Waals surface area contributed by atoms with Crippen molar-refractivity contribution in [2.24, 2.45) is 10.9 Å². The van der Waals surface area contributed by atoms with Crippen molar-refractivity contribution in [3.63, 3.8) is 0 Å². The van der Waals surface area contributed by atoms with E-state index in [1.54, 1.807) is 13.0 Å². The van der Waals surface area contributed by atoms with E-state index in [1.807, 2.05) is 19.9 Å². The van der Waals surface area contributed by atoms with Crippen molar-refractivity contribution >= 4 is 16.0 Å². The molecular formula is C18H32N4O4S. The molecule has 0 radical (unpaired) electrons. The van der Waals surface area contributed by atoms with Crippen LogP contribution in [0.5, 0.6) is 0 Å². The number of hydrogen-bond donors (Lipinski definition) is 3. The summed E-state index contributed by atoms with van der Waals surface area (Å²) in [6.45, 7) is 8.21. The SMILES string of the molecule is CCNC(=NCC(C)(O)c1ccc(C)o1)NCC1CCN(S(C)(=O)=O)CC1. The second-order valence-electron chi connectivity index (χ2n) is 7.37. The van der Waals surface area contributed by atoms with E-state index in [0.717, 1.165) is 18.6 Å². The summed E-state index contributed by atoms with van der Waals surface area (Å²) in [5.41, 5.74) is -1.18. The molecule has 1 fully saturated rings. The van der Waals surface area contributed by atoms with E-state index in [4.69, 9.17) is 4.42 Å². The molecule has 1 aromatic heterocycles. The molecule has 1 saturated heterocycles. The lowest BCUT2D eigenvalue weighted by molar-refractivity contribution is 0.0428. The third kappa shape index (κ3) is 6.51. The Balaban J connectivity index is 1.89. The van der Waals surface area contributed by atoms with Crippen molar-refractivity contribution in [3.8, 4) is 0 Å². The van der Waals surface area contributed by atoms with Crippen LogP contribution in [-0.2, 0) is 15.6 Å². The molecule has 27 heavy (non-hydrogen) atoms. The van der Waals surface area contributed by atoms with Crippen LogP contribution < -0.4 is 10.6 Å². The Morgan fingerprint density at radius 3 is 2.56 bits per heavy atom. The largest absolute Gasteiger partial charge is 0.463 e. The summed E-state index contributed by atoms with van der Waals surface area (Å²) >= 11 is 0. The quantitative estimate of drug-likeness (QED) is 0.466. The van der Waals surface area contributed by atoms with Gasteiger partial charge < -0.3 is 20.2 Å². The van der Waals surface area contributed by atoms with Crippen LogP contribution in [0.3, 0.4) is 0 Å². The number of nitrogens with one attached hydrogen (secondary N) is 2. The Labute approximate surface area is 162 Å². The summed E-state index contributed by atoms with van der Waals surface area (Å²) in [5, 5.41) is 17.1. The molecule has 1 unspecified atom stereocenters. The normalized spacial score (nSPS) is 19.7. The van der Waals surface area contributed by atoms with Crippen LogP contribution >= 0.6 is 0 Å². The maximum Gasteiger partial charge on any atom is 0.211 e. The third-order valence-corrected chi connectivity index (χ3v) is 6.06. The fraction of sp³-hybridized carbons (Fsp3) is 0.722. The monoisotopic (exact) mass is 400 g/mol. The fourth-order valence-corrected chi connectivity index (χ4v) is 3.94. The van der Waals surface area contributed by atoms with Gasteiger partial charge in [0.2, 0.25) is 10.0 Å². The smallest absolute Gasteiger partial charge is 0.211 e. The van der Waals surface area contributed by atoms with Crippen LogP contribution in [0.1, 0.15) is 38.2 Å². The van der Waals surface area contributed by atoms with Crippen molar-refractivity contribution in [1.82, 2.24) is 14.9 Å². The Bertz CT molecular complexity index is 734. The van der Waals surface area contributed by atoms with Crippen molar-refractivity contribution in [1.29, 1.82) is 0 Å². The van der Waals surface area contributed by atoms with Gasteiger partial charge in [0.05, 0.1) is 12.8 Å². The van der Waals surface area contributed by atoms with Crippen molar-refractivity contribution < 1.29 is 17.9 Å². The molecule has 1 aliphatic heterocycles. The van der Waals surface area contributed by atoms with Gasteiger partial charge in [-0.1, -0.05) is 0 Å². The van der Waals surface area contributed by atoms with Gasteiger partial charge in [-0.25, -0.2) is 17.7 Å². The Hall–Kier alpha value is -1.58. The van der Waals surface area contributed by atoms with Crippen LogP contribution in [0.2, 0.25) is 0 Å². The number of aryl methyl sites for hydroxylation is 1. The number of piperidine rings is 1. The van der Waals surface area contributed by atoms with Gasteiger partial charge >= 0.3 is 0 Å². The lowest BCUT2D eigenvalue weighted by Gasteiger charge is -2.30. The van der Waals surface area contributed by atoms with E-state index < -0.39 is 15.6 Å². The first-order valence-electron chi connectivity index (χ1n) is 9.38. The van der Waals surface area contributed by atoms with Crippen molar-refractivity contribution in [3.05, 3.63) is 23.7 Å². The molecular weight excluding hydrogens is 368 g/mol. The van der Waals surface area contributed by atoms with Gasteiger partial charge in [-0.3, -0.25) is 0 Å². The van der Waals surface area contributed by atoms with Crippen LogP contribution in [0.15, 0.2) is 21.5 Å². The third-order valence-electron chi connectivity index (χ3n) is 4.76. The zero-order chi connectivity index (χ0) is 20.1. The van der Waals surface area contributed by atoms with Crippen LogP contribution in [0, 0.1) is 12.8 Å². The maximum absolute atomic E-state index is 11.6. The minimum Gasteiger partial charge on any atom is -0.463 e. The first-order chi connectivity index (χ1) is 12.6. The average Bonchev–Trinajstić information content (AvgIpc) is 3.04. The van der Waals surface area contributed by atoms with E-state index >= 15 is 0 Å². The van der Waals surface area contributed by atoms with Gasteiger partial charge in [0.1, 0.15) is 17.1 Å². The van der Waals surface area contributed by atoms with E-state index in [0.29, 0.717) is 43.8 Å². The molecule has 1 atom stereocenters. The van der Waals surface area contributed by atoms with Gasteiger partial charge in [0.15, 0.2) is 5.96 Å². The summed E-state index contributed by atoms with van der Waals surface area (Å²) in [7, 11) is -3.10. The van der Waals surface area contributed by atoms with Gasteiger partial charge in [0.25, 0.3) is 0 Å². The predicted molar refractivity (Wildman–Crippen MR) is 106 cm³/mol. The van der Waals surface area contributed by atoms with Gasteiger partial charge in [-0.05, 0) is 51.7 Å². The van der Waals surface area contributed by atoms with E-state index in [-0.39, 0.29) is 6.54 Å². The molecule has 0 spiro atoms. The molecule has 2 heterocycles. The molecule has 2 rings (SSSR count). The van der Waals surface area contributed by atoms with Crippen molar-refractivity contribution in [2.45, 2.75) is 39.2 Å². The minimum atomic E-state index is -3.10. The zero-order valence-corrected chi connectivity index (χ0v) is 17.5. The molecule has 1 aliphatic rings. The highest BCUT2D eigenvalue weighted by Crippen LogP contribution is 2.23. The highest BCUT2D eigenvalue weighted by Gasteiger charge is 2.27. The lowest BCUT2D eigenvalue weighted by Crippen LogP contribution is -2.44. The van der Waals surface area contributed by atoms with Crippen LogP contribution in [-0.4, -0.2) is 62.8 Å². The number of aliphatic hydroxyl groups is 1. The van der Waals surface area contributed by atoms with Gasteiger partial charge in [-0.2, -0.15) is 0 Å². The fourth-order valence-electron chi connectivity index (χ4n) is 3.06. The number of sulfonamides is 1. The summed E-state index contributed by atoms with van der Waals surface area (Å²) in [4.78, 5) is 4.49. The summed E-state index contributed by atoms with van der Waals surface area (Å²) < 4.78 is 30.2. The summed E-state index contributed by atoms with van der Waals surface area (Å²) in [6, 6.07) is 3.58. The molecule has 154 valence electrons. The molecule has 0 aromatic carbocycles. The lowest BCUT2D eigenvalue weighted by atomic mass is 9.98. The second-order valence-corrected chi connectivity index (χ2v) is 9.35. The van der Waals surface area contributed by atoms with E-state index in [1.165, 1.54) is 10.6 Å². The predicted octanol–water partition coefficient (Wildman–Crippen LogP) is 1.02. The minimum absolute atomic E-state index is 0.168. The number of aliphatic imine (C=N–C) groups is 1. The Morgan fingerprint density at radius 2 is 2.04 bits per heavy atom. The Morgan fingerprint density at radius 1 is 1.37 bits per heavy atom. The standard InChI is InChI=1S/C18H32N4O4S/c1-5-19-17(21-13-18(3,23)16-7-6-14(2)26-16)20-12-15-8-10-22(11-9-15)27(4,24)25/h6-7,15,23H,5,8-13H2,1-4H3,(H2,19,20,21). The number of nitrogens with zero attached hydrogens (tertiary/aromatic N) is 2. The molecule has 1 aromatic rings. The average molecular weight is 401 g/mol. The topological polar surface area (TPSA) is 107 Å². The second kappa shape index (κ2) is 9.07. The van der Waals surface area contributed by atoms with Crippen LogP contribution in [0.25, 0.3) is 0 Å². The highest BCUT2D eigenvalue weighted by molar-refractivity contribution is 7.88. The molecule has 0 bridgehead atoms. The van der Waals surface area contributed by atoms with Crippen molar-refractivity contribution in [2.75, 3.05) is 39.0 Å². The number of hydrogen-bond acceptors (Lipinski definition) is 5. The summed E-state index contributed by atoms with van der Waals surface area (Å²) in [6.07, 6.45) is 2.90. The van der Waals surface area contributed by atoms with E-state index in [2.05, 4.69) is 15.6 Å². The highest BCUT2D eigenvalue weighted by atomic mass is 32.2. The number of rotatable bonds is 7. The number of guanidine groups is 1. The maximum atomic E-state index is 11.6. The molecule has 0 amide bonds. The van der Waals surface area contributed by atoms with Gasteiger partial charge in [-0.15, -0.1) is 0 Å². The van der Waals surface area contributed by atoms with Gasteiger partial charge in [0, 0.05) is 26.2 Å². The van der Waals surface area contributed by atoms with E-state index in [9.17, 15) is 13.5 Å². The number of furan rings is 1. The first kappa shape index (κ1) is 21.7. The summed E-state index contributed by atoms with van der Waals surface area (Å²) in [5.74, 6) is 2.26. The molecule has 3 N–H and O–H groups in total. The van der Waals surface area contributed by atoms with Crippen LogP contribution in [0.4, 0.5) is 0 Å². The molecule has 9 heteroatoms. The first-order valence-corrected chi connectivity index (χ1v) is 11.2. The Kier molecular flexibility index (Phi) is 7.30. The molecule has 0 saturated carbocycles.